The molecule has 0 aromatic heterocycles. The maximum Gasteiger partial charge on any atom is 0.325 e. The zero-order valence-corrected chi connectivity index (χ0v) is 16.0. The van der Waals surface area contributed by atoms with E-state index in [1.165, 1.54) is 4.90 Å². The van der Waals surface area contributed by atoms with Crippen LogP contribution in [0, 0.1) is 6.92 Å². The molecule has 4 amide bonds. The van der Waals surface area contributed by atoms with Gasteiger partial charge in [0.2, 0.25) is 5.91 Å². The quantitative estimate of drug-likeness (QED) is 0.718. The average Bonchev–Trinajstić information content (AvgIpc) is 3.21. The molecule has 0 bridgehead atoms. The Bertz CT molecular complexity index is 741. The van der Waals surface area contributed by atoms with Crippen molar-refractivity contribution in [3.05, 3.63) is 29.3 Å². The minimum Gasteiger partial charge on any atom is -0.496 e. The Morgan fingerprint density at radius 2 is 2.04 bits per heavy atom. The first-order valence-electron chi connectivity index (χ1n) is 9.49. The third kappa shape index (κ3) is 4.07. The van der Waals surface area contributed by atoms with Crippen LogP contribution in [0.4, 0.5) is 4.79 Å². The van der Waals surface area contributed by atoms with Gasteiger partial charge in [-0.05, 0) is 43.4 Å². The molecule has 1 aromatic rings. The van der Waals surface area contributed by atoms with Gasteiger partial charge in [-0.1, -0.05) is 25.0 Å². The molecule has 1 aromatic carbocycles. The van der Waals surface area contributed by atoms with E-state index >= 15 is 0 Å². The standard InChI is InChI=1S/C20H27N3O4/c1-14-7-8-15(12-16(14)27-2)13-21-17(24)6-5-11-23-18(25)20(22-19(23)26)9-3-4-10-20/h7-8,12H,3-6,9-11,13H2,1-2H3,(H,21,24)(H,22,26). The summed E-state index contributed by atoms with van der Waals surface area (Å²) in [5, 5.41) is 5.72. The number of ether oxygens (including phenoxy) is 1. The number of imide groups is 1. The number of carbonyl (C=O) groups excluding carboxylic acids is 3. The van der Waals surface area contributed by atoms with Crippen molar-refractivity contribution in [2.45, 2.75) is 57.5 Å². The number of aryl methyl sites for hydroxylation is 1. The molecule has 7 heteroatoms. The molecule has 0 atom stereocenters. The Morgan fingerprint density at radius 3 is 2.74 bits per heavy atom. The van der Waals surface area contributed by atoms with Crippen LogP contribution < -0.4 is 15.4 Å². The third-order valence-corrected chi connectivity index (χ3v) is 5.45. The van der Waals surface area contributed by atoms with Gasteiger partial charge in [-0.25, -0.2) is 4.79 Å². The fourth-order valence-corrected chi connectivity index (χ4v) is 3.86. The number of benzene rings is 1. The number of amides is 4. The first-order chi connectivity index (χ1) is 12.9. The summed E-state index contributed by atoms with van der Waals surface area (Å²) in [7, 11) is 1.62. The molecule has 1 spiro atoms. The molecule has 7 nitrogen and oxygen atoms in total. The molecule has 27 heavy (non-hydrogen) atoms. The number of carbonyl (C=O) groups is 3. The zero-order valence-electron chi connectivity index (χ0n) is 16.0. The molecule has 146 valence electrons. The van der Waals surface area contributed by atoms with E-state index in [4.69, 9.17) is 4.74 Å². The summed E-state index contributed by atoms with van der Waals surface area (Å²) in [6.45, 7) is 2.66. The van der Waals surface area contributed by atoms with Crippen molar-refractivity contribution in [3.8, 4) is 5.75 Å². The van der Waals surface area contributed by atoms with E-state index in [1.54, 1.807) is 7.11 Å². The first kappa shape index (κ1) is 19.2. The second kappa shape index (κ2) is 7.98. The average molecular weight is 373 g/mol. The Balaban J connectivity index is 1.43. The Hall–Kier alpha value is -2.57. The van der Waals surface area contributed by atoms with Gasteiger partial charge >= 0.3 is 6.03 Å². The molecule has 2 fully saturated rings. The van der Waals surface area contributed by atoms with Gasteiger partial charge in [0, 0.05) is 19.5 Å². The molecular formula is C20H27N3O4. The predicted molar refractivity (Wildman–Crippen MR) is 100 cm³/mol. The lowest BCUT2D eigenvalue weighted by molar-refractivity contribution is -0.131. The highest BCUT2D eigenvalue weighted by atomic mass is 16.5. The van der Waals surface area contributed by atoms with Crippen LogP contribution in [0.5, 0.6) is 5.75 Å². The summed E-state index contributed by atoms with van der Waals surface area (Å²) in [6.07, 6.45) is 4.09. The maximum atomic E-state index is 12.5. The van der Waals surface area contributed by atoms with Crippen LogP contribution in [0.1, 0.15) is 49.7 Å². The third-order valence-electron chi connectivity index (χ3n) is 5.45. The lowest BCUT2D eigenvalue weighted by atomic mass is 9.98. The van der Waals surface area contributed by atoms with E-state index < -0.39 is 5.54 Å². The summed E-state index contributed by atoms with van der Waals surface area (Å²) >= 11 is 0. The van der Waals surface area contributed by atoms with Gasteiger partial charge in [0.05, 0.1) is 7.11 Å². The maximum absolute atomic E-state index is 12.5. The summed E-state index contributed by atoms with van der Waals surface area (Å²) < 4.78 is 5.29. The highest BCUT2D eigenvalue weighted by molar-refractivity contribution is 6.07. The van der Waals surface area contributed by atoms with Gasteiger partial charge < -0.3 is 15.4 Å². The number of nitrogens with one attached hydrogen (secondary N) is 2. The number of hydrogen-bond donors (Lipinski definition) is 2. The van der Waals surface area contributed by atoms with Crippen molar-refractivity contribution in [1.29, 1.82) is 0 Å². The first-order valence-corrected chi connectivity index (χ1v) is 9.49. The van der Waals surface area contributed by atoms with E-state index in [1.807, 2.05) is 25.1 Å². The summed E-state index contributed by atoms with van der Waals surface area (Å²) in [5.41, 5.74) is 1.33. The molecule has 1 aliphatic heterocycles. The van der Waals surface area contributed by atoms with Crippen LogP contribution in [0.2, 0.25) is 0 Å². The van der Waals surface area contributed by atoms with E-state index in [-0.39, 0.29) is 30.8 Å². The molecular weight excluding hydrogens is 346 g/mol. The Kier molecular flexibility index (Phi) is 5.68. The molecule has 2 N–H and O–H groups in total. The number of rotatable bonds is 7. The van der Waals surface area contributed by atoms with Gasteiger partial charge in [0.1, 0.15) is 11.3 Å². The molecule has 1 aliphatic carbocycles. The van der Waals surface area contributed by atoms with Crippen molar-refractivity contribution in [2.75, 3.05) is 13.7 Å². The summed E-state index contributed by atoms with van der Waals surface area (Å²) in [5.74, 6) is 0.565. The highest BCUT2D eigenvalue weighted by Crippen LogP contribution is 2.35. The van der Waals surface area contributed by atoms with E-state index in [0.717, 1.165) is 29.7 Å². The second-order valence-corrected chi connectivity index (χ2v) is 7.36. The van der Waals surface area contributed by atoms with Crippen LogP contribution in [-0.4, -0.2) is 41.9 Å². The highest BCUT2D eigenvalue weighted by Gasteiger charge is 2.51. The van der Waals surface area contributed by atoms with Crippen molar-refractivity contribution in [3.63, 3.8) is 0 Å². The molecule has 1 saturated heterocycles. The smallest absolute Gasteiger partial charge is 0.325 e. The molecule has 3 rings (SSSR count). The van der Waals surface area contributed by atoms with E-state index in [2.05, 4.69) is 10.6 Å². The zero-order chi connectivity index (χ0) is 19.4. The molecule has 0 unspecified atom stereocenters. The number of hydrogen-bond acceptors (Lipinski definition) is 4. The van der Waals surface area contributed by atoms with E-state index in [0.29, 0.717) is 25.8 Å². The Morgan fingerprint density at radius 1 is 1.30 bits per heavy atom. The fraction of sp³-hybridized carbons (Fsp3) is 0.550. The monoisotopic (exact) mass is 373 g/mol. The summed E-state index contributed by atoms with van der Waals surface area (Å²) in [6, 6.07) is 5.49. The van der Waals surface area contributed by atoms with Gasteiger partial charge in [-0.15, -0.1) is 0 Å². The minimum atomic E-state index is -0.677. The topological polar surface area (TPSA) is 87.7 Å². The van der Waals surface area contributed by atoms with E-state index in [9.17, 15) is 14.4 Å². The number of methoxy groups -OCH3 is 1. The summed E-state index contributed by atoms with van der Waals surface area (Å²) in [4.78, 5) is 38.0. The minimum absolute atomic E-state index is 0.0998. The Labute approximate surface area is 159 Å². The molecule has 2 aliphatic rings. The van der Waals surface area contributed by atoms with Gasteiger partial charge in [0.25, 0.3) is 5.91 Å². The predicted octanol–water partition coefficient (Wildman–Crippen LogP) is 2.26. The lowest BCUT2D eigenvalue weighted by Crippen LogP contribution is -2.44. The van der Waals surface area contributed by atoms with Crippen LogP contribution in [0.25, 0.3) is 0 Å². The molecule has 1 heterocycles. The van der Waals surface area contributed by atoms with Crippen molar-refractivity contribution in [2.24, 2.45) is 0 Å². The number of urea groups is 1. The van der Waals surface area contributed by atoms with Crippen LogP contribution >= 0.6 is 0 Å². The SMILES string of the molecule is COc1cc(CNC(=O)CCCN2C(=O)NC3(CCCC3)C2=O)ccc1C. The number of nitrogens with zero attached hydrogens (tertiary/aromatic N) is 1. The van der Waals surface area contributed by atoms with Crippen LogP contribution in [0.15, 0.2) is 18.2 Å². The largest absolute Gasteiger partial charge is 0.496 e. The molecule has 1 saturated carbocycles. The molecule has 0 radical (unpaired) electrons. The van der Waals surface area contributed by atoms with Gasteiger partial charge in [-0.2, -0.15) is 0 Å². The van der Waals surface area contributed by atoms with Gasteiger partial charge in [-0.3, -0.25) is 14.5 Å². The van der Waals surface area contributed by atoms with Crippen LogP contribution in [-0.2, 0) is 16.1 Å². The van der Waals surface area contributed by atoms with Crippen molar-refractivity contribution in [1.82, 2.24) is 15.5 Å². The van der Waals surface area contributed by atoms with Crippen molar-refractivity contribution >= 4 is 17.8 Å². The second-order valence-electron chi connectivity index (χ2n) is 7.36. The van der Waals surface area contributed by atoms with Crippen LogP contribution in [0.3, 0.4) is 0 Å². The fourth-order valence-electron chi connectivity index (χ4n) is 3.86. The van der Waals surface area contributed by atoms with Crippen molar-refractivity contribution < 1.29 is 19.1 Å². The normalized spacial score (nSPS) is 18.1. The lowest BCUT2D eigenvalue weighted by Gasteiger charge is -2.19. The van der Waals surface area contributed by atoms with Gasteiger partial charge in [0.15, 0.2) is 0 Å².